The molecule has 0 fully saturated rings. The minimum Gasteiger partial charge on any atom is -0.505 e. The molecule has 0 bridgehead atoms. The van der Waals surface area contributed by atoms with Gasteiger partial charge in [-0.2, -0.15) is 49.0 Å². The van der Waals surface area contributed by atoms with Crippen molar-refractivity contribution in [1.82, 2.24) is 0 Å². The summed E-state index contributed by atoms with van der Waals surface area (Å²) in [6.07, 6.45) is -1.91. The maximum absolute atomic E-state index is 12.8. The third kappa shape index (κ3) is 12.3. The van der Waals surface area contributed by atoms with Crippen molar-refractivity contribution in [3.63, 3.8) is 0 Å². The van der Waals surface area contributed by atoms with Crippen LogP contribution in [0.15, 0.2) is 122 Å². The maximum Gasteiger partial charge on any atom is 0.354 e. The van der Waals surface area contributed by atoms with Crippen molar-refractivity contribution in [3.8, 4) is 23.0 Å². The molecular formula is C38H35N9O22S4. The van der Waals surface area contributed by atoms with Crippen LogP contribution < -0.4 is 19.8 Å². The van der Waals surface area contributed by atoms with Crippen LogP contribution in [-0.4, -0.2) is 139 Å². The van der Waals surface area contributed by atoms with Gasteiger partial charge in [-0.05, 0) is 60.0 Å². The molecule has 0 aromatic heterocycles. The number of rotatable bonds is 19. The van der Waals surface area contributed by atoms with Gasteiger partial charge in [-0.15, -0.1) is 20.5 Å². The number of hydrogen-bond donors (Lipinski definition) is 11. The van der Waals surface area contributed by atoms with E-state index in [1.165, 1.54) is 0 Å². The van der Waals surface area contributed by atoms with Crippen molar-refractivity contribution in [2.75, 3.05) is 36.8 Å². The number of aliphatic hydroxyl groups excluding tert-OH is 3. The number of ether oxygens (including phenoxy) is 2. The Morgan fingerprint density at radius 3 is 1.60 bits per heavy atom. The van der Waals surface area contributed by atoms with Crippen molar-refractivity contribution < 1.29 is 102 Å². The largest absolute Gasteiger partial charge is 0.505 e. The van der Waals surface area contributed by atoms with Crippen molar-refractivity contribution in [1.29, 1.82) is 0 Å². The number of aliphatic carboxylic acids is 1. The average Bonchev–Trinajstić information content (AvgIpc) is 3.63. The van der Waals surface area contributed by atoms with Gasteiger partial charge in [-0.1, -0.05) is 0 Å². The van der Waals surface area contributed by atoms with Crippen LogP contribution in [0.5, 0.6) is 23.0 Å². The van der Waals surface area contributed by atoms with Crippen LogP contribution in [0.4, 0.5) is 39.8 Å². The van der Waals surface area contributed by atoms with E-state index in [-0.39, 0.29) is 22.8 Å². The van der Waals surface area contributed by atoms with Gasteiger partial charge < -0.3 is 45.4 Å². The number of nitrogens with one attached hydrogen (secondary N) is 1. The summed E-state index contributed by atoms with van der Waals surface area (Å²) in [6.45, 7) is -1.22. The Morgan fingerprint density at radius 1 is 0.658 bits per heavy atom. The zero-order chi connectivity index (χ0) is 54.0. The van der Waals surface area contributed by atoms with Gasteiger partial charge in [0.15, 0.2) is 29.5 Å². The second kappa shape index (κ2) is 21.2. The number of amides is 1. The van der Waals surface area contributed by atoms with Gasteiger partial charge in [0, 0.05) is 24.7 Å². The van der Waals surface area contributed by atoms with Crippen LogP contribution in [0.25, 0.3) is 10.8 Å². The van der Waals surface area contributed by atoms with Crippen LogP contribution in [0, 0.1) is 0 Å². The van der Waals surface area contributed by atoms with E-state index < -0.39 is 167 Å². The smallest absolute Gasteiger partial charge is 0.354 e. The summed E-state index contributed by atoms with van der Waals surface area (Å²) < 4.78 is 149. The standard InChI is InChI=1S/C38H35N9O22S4/c1-17(50)39-19-2-7-22(27(14-19)71(59,60)61)40-43-31-28(72(62,63)64)12-18-13-29(73(65,66)67)32(36(52)30(18)35(31)51)44-41-23-15-26(69-11-9-49)24(16-25(23)68-10-8-48)42-45-33-34(38(54)55)46-47(37(33)53)20-3-5-21(6-4-20)70(56,57)58/h2-7,12-16,33,37,48-49,51-53H,8-11H2,1H3,(H,39,50)(H,54,55)(H,56,57,58)(H,59,60,61)(H,62,63,64)(H,65,66,67). The second-order valence-electron chi connectivity index (χ2n) is 14.5. The lowest BCUT2D eigenvalue weighted by atomic mass is 10.1. The SMILES string of the molecule is CC(=O)Nc1ccc(N=Nc2c(S(=O)(=O)O)cc3cc(S(=O)(=O)O)c(N=Nc4cc(OCCO)c(N=NC5C(C(=O)O)=NN(c6ccc(S(=O)(=O)O)cc6)C5O)cc4OCCO)c(O)c3c2O)c(S(=O)(=O)O)c1. The van der Waals surface area contributed by atoms with Gasteiger partial charge in [-0.3, -0.25) is 23.0 Å². The number of benzene rings is 5. The summed E-state index contributed by atoms with van der Waals surface area (Å²) in [7, 11) is -20.8. The number of nitrogens with zero attached hydrogens (tertiary/aromatic N) is 8. The lowest BCUT2D eigenvalue weighted by Gasteiger charge is -2.20. The van der Waals surface area contributed by atoms with E-state index >= 15 is 0 Å². The maximum atomic E-state index is 12.8. The molecule has 0 saturated heterocycles. The number of aromatic hydroxyl groups is 2. The summed E-state index contributed by atoms with van der Waals surface area (Å²) in [5, 5.41) is 91.0. The van der Waals surface area contributed by atoms with E-state index in [1.54, 1.807) is 0 Å². The minimum absolute atomic E-state index is 0.0589. The highest BCUT2D eigenvalue weighted by Gasteiger charge is 2.41. The molecule has 5 aromatic carbocycles. The van der Waals surface area contributed by atoms with E-state index in [1.807, 2.05) is 0 Å². The highest BCUT2D eigenvalue weighted by molar-refractivity contribution is 7.86. The highest BCUT2D eigenvalue weighted by atomic mass is 32.2. The first-order valence-electron chi connectivity index (χ1n) is 19.7. The Hall–Kier alpha value is -7.71. The number of carboxylic acids is 1. The fraction of sp³-hybridized carbons (Fsp3) is 0.184. The monoisotopic (exact) mass is 1100 g/mol. The first kappa shape index (κ1) is 54.6. The summed E-state index contributed by atoms with van der Waals surface area (Å²) in [5.41, 5.74) is -5.03. The first-order valence-corrected chi connectivity index (χ1v) is 25.5. The number of phenolic OH excluding ortho intramolecular Hbond substituents is 2. The Bertz CT molecular complexity index is 3650. The normalized spacial score (nSPS) is 15.7. The number of hydrazone groups is 1. The number of hydrogen-bond acceptors (Lipinski definition) is 25. The van der Waals surface area contributed by atoms with Crippen molar-refractivity contribution in [2.24, 2.45) is 35.8 Å². The lowest BCUT2D eigenvalue weighted by Crippen LogP contribution is -2.37. The number of carboxylic acid groups (broad SMARTS) is 1. The quantitative estimate of drug-likeness (QED) is 0.0416. The predicted molar refractivity (Wildman–Crippen MR) is 246 cm³/mol. The van der Waals surface area contributed by atoms with Gasteiger partial charge in [0.25, 0.3) is 40.5 Å². The molecule has 6 rings (SSSR count). The Kier molecular flexibility index (Phi) is 15.8. The van der Waals surface area contributed by atoms with Crippen LogP contribution >= 0.6 is 0 Å². The molecule has 0 aliphatic carbocycles. The molecule has 0 radical (unpaired) electrons. The molecule has 2 atom stereocenters. The second-order valence-corrected chi connectivity index (χ2v) is 20.1. The number of carbonyl (C=O) groups excluding carboxylic acids is 1. The predicted octanol–water partition coefficient (Wildman–Crippen LogP) is 3.50. The molecule has 1 aliphatic heterocycles. The summed E-state index contributed by atoms with van der Waals surface area (Å²) in [6, 6.07) is 7.81. The molecule has 1 aliphatic rings. The van der Waals surface area contributed by atoms with Crippen LogP contribution in [0.2, 0.25) is 0 Å². The molecule has 5 aromatic rings. The molecule has 1 amide bonds. The van der Waals surface area contributed by atoms with E-state index in [0.29, 0.717) is 12.1 Å². The highest BCUT2D eigenvalue weighted by Crippen LogP contribution is 2.51. The Labute approximate surface area is 409 Å². The van der Waals surface area contributed by atoms with Gasteiger partial charge in [-0.25, -0.2) is 9.80 Å². The molecule has 388 valence electrons. The van der Waals surface area contributed by atoms with Crippen molar-refractivity contribution in [3.05, 3.63) is 66.7 Å². The molecule has 31 nitrogen and oxygen atoms in total. The zero-order valence-corrected chi connectivity index (χ0v) is 39.7. The summed E-state index contributed by atoms with van der Waals surface area (Å²) in [5.74, 6) is -5.95. The average molecular weight is 1100 g/mol. The molecule has 1 heterocycles. The van der Waals surface area contributed by atoms with Gasteiger partial charge in [0.05, 0.1) is 29.2 Å². The van der Waals surface area contributed by atoms with E-state index in [9.17, 15) is 92.1 Å². The number of phenols is 2. The van der Waals surface area contributed by atoms with E-state index in [4.69, 9.17) is 9.47 Å². The fourth-order valence-corrected chi connectivity index (χ4v) is 8.92. The minimum atomic E-state index is -5.52. The van der Waals surface area contributed by atoms with Gasteiger partial charge in [0.2, 0.25) is 5.91 Å². The number of carbonyl (C=O) groups is 2. The number of fused-ring (bicyclic) bond motifs is 1. The van der Waals surface area contributed by atoms with Crippen molar-refractivity contribution in [2.45, 2.75) is 38.8 Å². The molecule has 2 unspecified atom stereocenters. The van der Waals surface area contributed by atoms with Crippen LogP contribution in [-0.2, 0) is 50.1 Å². The molecule has 35 heteroatoms. The topological polar surface area (TPSA) is 493 Å². The molecule has 11 N–H and O–H groups in total. The van der Waals surface area contributed by atoms with Gasteiger partial charge in [0.1, 0.15) is 67.8 Å². The third-order valence-corrected chi connectivity index (χ3v) is 13.0. The zero-order valence-electron chi connectivity index (χ0n) is 36.4. The number of anilines is 2. The van der Waals surface area contributed by atoms with E-state index in [0.717, 1.165) is 66.5 Å². The molecule has 0 saturated carbocycles. The van der Waals surface area contributed by atoms with Crippen LogP contribution in [0.3, 0.4) is 0 Å². The molecular weight excluding hydrogens is 1060 g/mol. The van der Waals surface area contributed by atoms with E-state index in [2.05, 4.69) is 41.1 Å². The third-order valence-electron chi connectivity index (χ3n) is 9.56. The first-order chi connectivity index (χ1) is 34.0. The lowest BCUT2D eigenvalue weighted by molar-refractivity contribution is -0.129. The number of aliphatic hydroxyl groups is 3. The molecule has 0 spiro atoms. The Balaban J connectivity index is 1.48. The summed E-state index contributed by atoms with van der Waals surface area (Å²) in [4.78, 5) is 19.5. The molecule has 73 heavy (non-hydrogen) atoms. The fourth-order valence-electron chi connectivity index (χ4n) is 6.48. The van der Waals surface area contributed by atoms with Crippen molar-refractivity contribution >= 4 is 109 Å². The number of azo groups is 3. The van der Waals surface area contributed by atoms with Gasteiger partial charge >= 0.3 is 5.97 Å². The van der Waals surface area contributed by atoms with Crippen LogP contribution in [0.1, 0.15) is 6.92 Å². The Morgan fingerprint density at radius 2 is 1.15 bits per heavy atom. The summed E-state index contributed by atoms with van der Waals surface area (Å²) >= 11 is 0.